The summed E-state index contributed by atoms with van der Waals surface area (Å²) in [7, 11) is 0.0612. The molecule has 0 aliphatic rings. The smallest absolute Gasteiger partial charge is 0.407 e. The molecule has 0 aliphatic carbocycles. The molecule has 1 amide bonds. The molecule has 2 rings (SSSR count). The minimum absolute atomic E-state index is 0.110. The Balaban J connectivity index is 2.67. The number of aromatic nitrogens is 2. The highest BCUT2D eigenvalue weighted by atomic mass is 28.3. The second kappa shape index (κ2) is 8.44. The van der Waals surface area contributed by atoms with Crippen LogP contribution in [0.25, 0.3) is 11.1 Å². The van der Waals surface area contributed by atoms with Crippen molar-refractivity contribution in [3.63, 3.8) is 0 Å². The summed E-state index contributed by atoms with van der Waals surface area (Å²) >= 11 is 0. The van der Waals surface area contributed by atoms with Crippen LogP contribution in [0.2, 0.25) is 19.6 Å². The second-order valence-corrected chi connectivity index (χ2v) is 13.0. The lowest BCUT2D eigenvalue weighted by Crippen LogP contribution is -2.37. The molecule has 1 aromatic heterocycles. The Morgan fingerprint density at radius 3 is 2.36 bits per heavy atom. The van der Waals surface area contributed by atoms with Crippen molar-refractivity contribution >= 4 is 30.5 Å². The lowest BCUT2D eigenvalue weighted by atomic mass is 9.98. The van der Waals surface area contributed by atoms with Gasteiger partial charge in [-0.05, 0) is 25.5 Å². The number of hydrogen-bond acceptors (Lipinski definition) is 3. The van der Waals surface area contributed by atoms with Crippen molar-refractivity contribution in [3.05, 3.63) is 47.3 Å². The molecule has 1 aromatic carbocycles. The molecule has 2 aromatic rings. The molecule has 0 radical (unpaired) electrons. The lowest BCUT2D eigenvalue weighted by Gasteiger charge is -2.19. The average Bonchev–Trinajstić information content (AvgIpc) is 3.01. The van der Waals surface area contributed by atoms with E-state index < -0.39 is 14.2 Å². The van der Waals surface area contributed by atoms with Gasteiger partial charge in [0.05, 0.1) is 31.6 Å². The number of likely N-dealkylation sites (N-methyl/N-ethyl adjacent to an activating group) is 1. The summed E-state index contributed by atoms with van der Waals surface area (Å²) in [6, 6.07) is 12.3. The van der Waals surface area contributed by atoms with Gasteiger partial charge < -0.3 is 10.0 Å². The van der Waals surface area contributed by atoms with Crippen LogP contribution < -0.4 is 5.19 Å². The number of nitrogens with zero attached hydrogens (tertiary/aromatic N) is 4. The Kier molecular flexibility index (Phi) is 6.47. The van der Waals surface area contributed by atoms with Gasteiger partial charge in [0.15, 0.2) is 0 Å². The van der Waals surface area contributed by atoms with Crippen molar-refractivity contribution in [2.75, 3.05) is 13.6 Å². The van der Waals surface area contributed by atoms with Crippen LogP contribution in [-0.4, -0.2) is 47.5 Å². The fourth-order valence-electron chi connectivity index (χ4n) is 3.07. The van der Waals surface area contributed by atoms with Crippen molar-refractivity contribution in [2.24, 2.45) is 0 Å². The van der Waals surface area contributed by atoms with Crippen LogP contribution in [0.3, 0.4) is 0 Å². The maximum Gasteiger partial charge on any atom is 0.407 e. The molecule has 28 heavy (non-hydrogen) atoms. The molecule has 0 atom stereocenters. The van der Waals surface area contributed by atoms with E-state index in [1.807, 2.05) is 36.7 Å². The summed E-state index contributed by atoms with van der Waals surface area (Å²) in [6.07, 6.45) is -1.04. The minimum Gasteiger partial charge on any atom is -0.465 e. The van der Waals surface area contributed by atoms with E-state index in [0.29, 0.717) is 17.7 Å². The van der Waals surface area contributed by atoms with E-state index in [2.05, 4.69) is 42.9 Å². The van der Waals surface area contributed by atoms with Gasteiger partial charge in [-0.1, -0.05) is 49.1 Å². The number of amides is 1. The number of allylic oxidation sites excluding steroid dienone is 1. The largest absolute Gasteiger partial charge is 0.465 e. The molecule has 0 saturated heterocycles. The molecule has 0 saturated carbocycles. The number of hydrogen-bond donors (Lipinski definition) is 1. The fourth-order valence-corrected chi connectivity index (χ4v) is 4.23. The van der Waals surface area contributed by atoms with E-state index in [4.69, 9.17) is 0 Å². The van der Waals surface area contributed by atoms with E-state index in [-0.39, 0.29) is 6.54 Å². The zero-order valence-corrected chi connectivity index (χ0v) is 18.4. The van der Waals surface area contributed by atoms with Crippen molar-refractivity contribution in [2.45, 2.75) is 40.0 Å². The van der Waals surface area contributed by atoms with Crippen LogP contribution >= 0.6 is 0 Å². The van der Waals surface area contributed by atoms with Gasteiger partial charge in [0.2, 0.25) is 0 Å². The number of nitriles is 1. The molecule has 1 N–H and O–H groups in total. The van der Waals surface area contributed by atoms with E-state index in [1.165, 1.54) is 17.1 Å². The molecule has 0 fully saturated rings. The fraction of sp³-hybridized carbons (Fsp3) is 0.381. The average molecular weight is 397 g/mol. The van der Waals surface area contributed by atoms with Gasteiger partial charge in [0, 0.05) is 19.2 Å². The Labute approximate surface area is 167 Å². The van der Waals surface area contributed by atoms with Gasteiger partial charge in [-0.3, -0.25) is 4.68 Å². The summed E-state index contributed by atoms with van der Waals surface area (Å²) in [4.78, 5) is 12.6. The predicted octanol–water partition coefficient (Wildman–Crippen LogP) is 3.80. The minimum atomic E-state index is -1.44. The van der Waals surface area contributed by atoms with E-state index >= 15 is 0 Å². The number of aryl methyl sites for hydroxylation is 2. The molecular formula is C21H28N4O2Si. The van der Waals surface area contributed by atoms with Crippen LogP contribution in [0.1, 0.15) is 23.9 Å². The summed E-state index contributed by atoms with van der Waals surface area (Å²) < 4.78 is 1.81. The molecule has 7 heteroatoms. The Morgan fingerprint density at radius 2 is 1.89 bits per heavy atom. The summed E-state index contributed by atoms with van der Waals surface area (Å²) in [5, 5.41) is 25.1. The topological polar surface area (TPSA) is 82.2 Å². The van der Waals surface area contributed by atoms with E-state index in [1.54, 1.807) is 0 Å². The summed E-state index contributed by atoms with van der Waals surface area (Å²) in [5.41, 5.74) is 3.54. The van der Waals surface area contributed by atoms with Gasteiger partial charge in [0.25, 0.3) is 0 Å². The monoisotopic (exact) mass is 396 g/mol. The van der Waals surface area contributed by atoms with Gasteiger partial charge in [-0.15, -0.1) is 0 Å². The first-order chi connectivity index (χ1) is 13.1. The number of carboxylic acid groups (broad SMARTS) is 1. The summed E-state index contributed by atoms with van der Waals surface area (Å²) in [6.45, 7) is 11.4. The van der Waals surface area contributed by atoms with E-state index in [0.717, 1.165) is 17.0 Å². The zero-order valence-electron chi connectivity index (χ0n) is 17.4. The standard InChI is InChI=1S/C21H28N4O2Si/c1-7-25-20(12-15(2)23-25)19(14-24(3)21(26)27)18(13-22)16-8-10-17(11-9-16)28(4,5)6/h8-12H,7,14H2,1-6H3,(H,26,27)/b19-18-. The maximum absolute atomic E-state index is 11.4. The first-order valence-corrected chi connectivity index (χ1v) is 12.8. The molecule has 0 bridgehead atoms. The first-order valence-electron chi connectivity index (χ1n) is 9.31. The van der Waals surface area contributed by atoms with Crippen molar-refractivity contribution in [1.82, 2.24) is 14.7 Å². The van der Waals surface area contributed by atoms with Crippen LogP contribution in [0.5, 0.6) is 0 Å². The number of benzene rings is 1. The molecule has 1 heterocycles. The molecule has 0 unspecified atom stereocenters. The Morgan fingerprint density at radius 1 is 1.29 bits per heavy atom. The van der Waals surface area contributed by atoms with Gasteiger partial charge >= 0.3 is 6.09 Å². The first kappa shape index (κ1) is 21.4. The molecule has 0 spiro atoms. The lowest BCUT2D eigenvalue weighted by molar-refractivity contribution is 0.161. The number of carbonyl (C=O) groups is 1. The zero-order chi connectivity index (χ0) is 21.1. The second-order valence-electron chi connectivity index (χ2n) is 7.92. The van der Waals surface area contributed by atoms with Crippen LogP contribution in [0.15, 0.2) is 30.3 Å². The van der Waals surface area contributed by atoms with Gasteiger partial charge in [-0.25, -0.2) is 4.79 Å². The molecule has 148 valence electrons. The molecular weight excluding hydrogens is 368 g/mol. The molecule has 6 nitrogen and oxygen atoms in total. The Hall–Kier alpha value is -2.85. The quantitative estimate of drug-likeness (QED) is 0.595. The van der Waals surface area contributed by atoms with Gasteiger partial charge in [0.1, 0.15) is 6.07 Å². The van der Waals surface area contributed by atoms with Gasteiger partial charge in [-0.2, -0.15) is 10.4 Å². The SMILES string of the molecule is CCn1nc(C)cc1/C(CN(C)C(=O)O)=C(/C#N)c1ccc([Si](C)(C)C)cc1. The predicted molar refractivity (Wildman–Crippen MR) is 115 cm³/mol. The maximum atomic E-state index is 11.4. The third kappa shape index (κ3) is 4.70. The highest BCUT2D eigenvalue weighted by Gasteiger charge is 2.21. The van der Waals surface area contributed by atoms with Crippen LogP contribution in [0.4, 0.5) is 4.79 Å². The summed E-state index contributed by atoms with van der Waals surface area (Å²) in [5.74, 6) is 0. The van der Waals surface area contributed by atoms with Crippen molar-refractivity contribution in [1.29, 1.82) is 5.26 Å². The van der Waals surface area contributed by atoms with Crippen molar-refractivity contribution < 1.29 is 9.90 Å². The number of rotatable bonds is 6. The van der Waals surface area contributed by atoms with Crippen LogP contribution in [0, 0.1) is 18.3 Å². The van der Waals surface area contributed by atoms with E-state index in [9.17, 15) is 15.2 Å². The van der Waals surface area contributed by atoms with Crippen molar-refractivity contribution in [3.8, 4) is 6.07 Å². The Bertz CT molecular complexity index is 931. The normalized spacial score (nSPS) is 12.3. The third-order valence-corrected chi connectivity index (χ3v) is 6.75. The third-order valence-electron chi connectivity index (χ3n) is 4.69. The highest BCUT2D eigenvalue weighted by molar-refractivity contribution is 6.88. The van der Waals surface area contributed by atoms with Crippen LogP contribution in [-0.2, 0) is 6.54 Å². The molecule has 0 aliphatic heterocycles. The highest BCUT2D eigenvalue weighted by Crippen LogP contribution is 2.27.